The van der Waals surface area contributed by atoms with E-state index in [0.717, 1.165) is 17.5 Å². The molecular weight excluding hydrogens is 449 g/mol. The number of hydrogen-bond donors (Lipinski definition) is 2. The highest BCUT2D eigenvalue weighted by molar-refractivity contribution is 7.13. The van der Waals surface area contributed by atoms with Crippen LogP contribution in [0.15, 0.2) is 32.2 Å². The molecule has 2 N–H and O–H groups in total. The largest absolute Gasteiger partial charge is 0.433 e. The molecule has 4 heterocycles. The van der Waals surface area contributed by atoms with Gasteiger partial charge in [-0.05, 0) is 18.6 Å². The molecule has 0 spiro atoms. The molecular formula is C19H15F3N6O3S. The standard InChI is InChI=1S/C19H15F3N6O3S/c1-8-3-10(6-23-14(8)19(20,21)22)17-26-11(7-32-17)25-12(29)4-9-5-24-15-13(9)16(30)27-18(31)28(15)2/h3,5-7,9H,4H2,1-2H3,(H,25,29)(H,27,30,31). The summed E-state index contributed by atoms with van der Waals surface area (Å²) in [5, 5.41) is 4.54. The van der Waals surface area contributed by atoms with Gasteiger partial charge in [-0.1, -0.05) is 0 Å². The van der Waals surface area contributed by atoms with E-state index < -0.39 is 34.9 Å². The number of rotatable bonds is 4. The average Bonchev–Trinajstić information content (AvgIpc) is 3.32. The van der Waals surface area contributed by atoms with Gasteiger partial charge in [0.25, 0.3) is 5.56 Å². The highest BCUT2D eigenvalue weighted by atomic mass is 32.1. The molecule has 1 unspecified atom stereocenters. The van der Waals surface area contributed by atoms with Gasteiger partial charge in [0, 0.05) is 42.7 Å². The van der Waals surface area contributed by atoms with E-state index in [2.05, 4.69) is 25.3 Å². The van der Waals surface area contributed by atoms with E-state index in [1.54, 1.807) is 5.38 Å². The summed E-state index contributed by atoms with van der Waals surface area (Å²) in [4.78, 5) is 50.3. The molecule has 0 aliphatic carbocycles. The van der Waals surface area contributed by atoms with Gasteiger partial charge in [0.15, 0.2) is 0 Å². The molecule has 1 amide bonds. The lowest BCUT2D eigenvalue weighted by molar-refractivity contribution is -0.141. The van der Waals surface area contributed by atoms with Crippen LogP contribution in [0.1, 0.15) is 29.2 Å². The number of aromatic amines is 1. The Morgan fingerprint density at radius 3 is 2.78 bits per heavy atom. The molecule has 166 valence electrons. The van der Waals surface area contributed by atoms with E-state index >= 15 is 0 Å². The first kappa shape index (κ1) is 21.6. The minimum absolute atomic E-state index is 0.0328. The minimum atomic E-state index is -4.54. The summed E-state index contributed by atoms with van der Waals surface area (Å²) in [6.07, 6.45) is -2.13. The number of alkyl halides is 3. The highest BCUT2D eigenvalue weighted by Gasteiger charge is 2.34. The Morgan fingerprint density at radius 2 is 2.09 bits per heavy atom. The molecule has 1 aliphatic rings. The molecule has 0 saturated carbocycles. The number of fused-ring (bicyclic) bond motifs is 1. The summed E-state index contributed by atoms with van der Waals surface area (Å²) in [7, 11) is 1.46. The van der Waals surface area contributed by atoms with Crippen molar-refractivity contribution in [3.05, 3.63) is 55.3 Å². The van der Waals surface area contributed by atoms with E-state index in [9.17, 15) is 27.6 Å². The zero-order valence-electron chi connectivity index (χ0n) is 16.6. The van der Waals surface area contributed by atoms with Crippen molar-refractivity contribution >= 4 is 35.1 Å². The van der Waals surface area contributed by atoms with Crippen molar-refractivity contribution in [2.45, 2.75) is 25.4 Å². The summed E-state index contributed by atoms with van der Waals surface area (Å²) >= 11 is 1.14. The molecule has 3 aromatic rings. The molecule has 3 aromatic heterocycles. The number of nitrogens with zero attached hydrogens (tertiary/aromatic N) is 4. The fourth-order valence-corrected chi connectivity index (χ4v) is 4.09. The first-order chi connectivity index (χ1) is 15.0. The van der Waals surface area contributed by atoms with E-state index in [-0.39, 0.29) is 29.2 Å². The van der Waals surface area contributed by atoms with Crippen molar-refractivity contribution in [1.29, 1.82) is 0 Å². The Balaban J connectivity index is 1.48. The van der Waals surface area contributed by atoms with Crippen molar-refractivity contribution in [3.63, 3.8) is 0 Å². The van der Waals surface area contributed by atoms with Gasteiger partial charge in [-0.2, -0.15) is 13.2 Å². The van der Waals surface area contributed by atoms with Crippen LogP contribution in [0.4, 0.5) is 24.8 Å². The molecule has 13 heteroatoms. The lowest BCUT2D eigenvalue weighted by Gasteiger charge is -2.10. The number of anilines is 1. The van der Waals surface area contributed by atoms with E-state index in [4.69, 9.17) is 0 Å². The van der Waals surface area contributed by atoms with Crippen LogP contribution in [0.5, 0.6) is 0 Å². The van der Waals surface area contributed by atoms with Crippen molar-refractivity contribution in [3.8, 4) is 10.6 Å². The molecule has 0 fully saturated rings. The monoisotopic (exact) mass is 464 g/mol. The second-order valence-corrected chi connectivity index (χ2v) is 7.98. The Labute approximate surface area is 181 Å². The zero-order valence-corrected chi connectivity index (χ0v) is 17.5. The summed E-state index contributed by atoms with van der Waals surface area (Å²) in [6.45, 7) is 1.31. The van der Waals surface area contributed by atoms with Crippen LogP contribution in [-0.2, 0) is 18.0 Å². The fraction of sp³-hybridized carbons (Fsp3) is 0.263. The average molecular weight is 464 g/mol. The number of aliphatic imine (C=N–C) groups is 1. The Morgan fingerprint density at radius 1 is 1.34 bits per heavy atom. The summed E-state index contributed by atoms with van der Waals surface area (Å²) in [5.74, 6) is -0.628. The second-order valence-electron chi connectivity index (χ2n) is 7.12. The number of pyridine rings is 1. The summed E-state index contributed by atoms with van der Waals surface area (Å²) in [6, 6.07) is 1.34. The van der Waals surface area contributed by atoms with Crippen molar-refractivity contribution < 1.29 is 18.0 Å². The number of H-pyrrole nitrogens is 1. The number of nitrogens with one attached hydrogen (secondary N) is 2. The third kappa shape index (κ3) is 3.98. The van der Waals surface area contributed by atoms with Crippen LogP contribution in [0.3, 0.4) is 0 Å². The Kier molecular flexibility index (Phi) is 5.28. The van der Waals surface area contributed by atoms with Crippen LogP contribution in [-0.4, -0.2) is 31.6 Å². The third-order valence-corrected chi connectivity index (χ3v) is 5.74. The molecule has 0 saturated heterocycles. The van der Waals surface area contributed by atoms with Gasteiger partial charge in [-0.25, -0.2) is 14.8 Å². The zero-order chi connectivity index (χ0) is 23.2. The highest BCUT2D eigenvalue weighted by Crippen LogP contribution is 2.33. The SMILES string of the molecule is Cc1cc(-c2nc(NC(=O)CC3C=Nc4c3c(=O)[nH]c(=O)n4C)cs2)cnc1C(F)(F)F. The lowest BCUT2D eigenvalue weighted by atomic mass is 10.0. The minimum Gasteiger partial charge on any atom is -0.310 e. The van der Waals surface area contributed by atoms with Crippen LogP contribution in [0, 0.1) is 6.92 Å². The Hall–Kier alpha value is -3.61. The van der Waals surface area contributed by atoms with Gasteiger partial charge in [0.2, 0.25) is 5.91 Å². The molecule has 0 aromatic carbocycles. The van der Waals surface area contributed by atoms with Crippen LogP contribution < -0.4 is 16.6 Å². The van der Waals surface area contributed by atoms with Gasteiger partial charge < -0.3 is 5.32 Å². The van der Waals surface area contributed by atoms with Gasteiger partial charge in [0.1, 0.15) is 22.3 Å². The predicted octanol–water partition coefficient (Wildman–Crippen LogP) is 2.75. The maximum absolute atomic E-state index is 12.9. The van der Waals surface area contributed by atoms with Crippen molar-refractivity contribution in [1.82, 2.24) is 19.5 Å². The quantitative estimate of drug-likeness (QED) is 0.615. The first-order valence-corrected chi connectivity index (χ1v) is 10.1. The number of amides is 1. The normalized spacial score (nSPS) is 15.1. The Bertz CT molecular complexity index is 1370. The van der Waals surface area contributed by atoms with Crippen LogP contribution in [0.2, 0.25) is 0 Å². The number of thiazole rings is 1. The van der Waals surface area contributed by atoms with Crippen LogP contribution in [0.25, 0.3) is 10.6 Å². The number of aryl methyl sites for hydroxylation is 1. The topological polar surface area (TPSA) is 122 Å². The second kappa shape index (κ2) is 7.82. The molecule has 1 aliphatic heterocycles. The first-order valence-electron chi connectivity index (χ1n) is 9.21. The maximum atomic E-state index is 12.9. The van der Waals surface area contributed by atoms with Crippen molar-refractivity contribution in [2.24, 2.45) is 12.0 Å². The molecule has 9 nitrogen and oxygen atoms in total. The van der Waals surface area contributed by atoms with Gasteiger partial charge in [0.05, 0.1) is 5.56 Å². The van der Waals surface area contributed by atoms with Crippen molar-refractivity contribution in [2.75, 3.05) is 5.32 Å². The van der Waals surface area contributed by atoms with E-state index in [1.165, 1.54) is 30.8 Å². The predicted molar refractivity (Wildman–Crippen MR) is 112 cm³/mol. The van der Waals surface area contributed by atoms with Gasteiger partial charge in [-0.15, -0.1) is 11.3 Å². The van der Waals surface area contributed by atoms with Crippen LogP contribution >= 0.6 is 11.3 Å². The number of carbonyl (C=O) groups excluding carboxylic acids is 1. The summed E-state index contributed by atoms with van der Waals surface area (Å²) in [5.41, 5.74) is -1.57. The molecule has 4 rings (SSSR count). The maximum Gasteiger partial charge on any atom is 0.433 e. The number of halogens is 3. The molecule has 0 bridgehead atoms. The fourth-order valence-electron chi connectivity index (χ4n) is 3.35. The van der Waals surface area contributed by atoms with E-state index in [1.807, 2.05) is 0 Å². The third-order valence-electron chi connectivity index (χ3n) is 4.85. The number of hydrogen-bond acceptors (Lipinski definition) is 7. The summed E-state index contributed by atoms with van der Waals surface area (Å²) < 4.78 is 39.9. The molecule has 32 heavy (non-hydrogen) atoms. The smallest absolute Gasteiger partial charge is 0.310 e. The number of carbonyl (C=O) groups is 1. The number of aromatic nitrogens is 4. The van der Waals surface area contributed by atoms with Gasteiger partial charge in [-0.3, -0.25) is 24.1 Å². The lowest BCUT2D eigenvalue weighted by Crippen LogP contribution is -2.31. The molecule has 0 radical (unpaired) electrons. The molecule has 1 atom stereocenters. The van der Waals surface area contributed by atoms with E-state index in [0.29, 0.717) is 10.6 Å². The van der Waals surface area contributed by atoms with Gasteiger partial charge >= 0.3 is 11.9 Å².